The normalized spacial score (nSPS) is 15.1. The third-order valence-corrected chi connectivity index (χ3v) is 8.85. The second-order valence-electron chi connectivity index (χ2n) is 11.3. The largest absolute Gasteiger partial charge is 0.573 e. The van der Waals surface area contributed by atoms with Gasteiger partial charge in [-0.2, -0.15) is 4.99 Å². The molecule has 0 radical (unpaired) electrons. The van der Waals surface area contributed by atoms with Gasteiger partial charge < -0.3 is 19.7 Å². The first kappa shape index (κ1) is 33.8. The number of carbonyl (C=O) groups excluding carboxylic acids is 1. The van der Waals surface area contributed by atoms with Crippen LogP contribution in [0.15, 0.2) is 78.0 Å². The summed E-state index contributed by atoms with van der Waals surface area (Å²) in [6, 6.07) is 18.9. The number of rotatable bonds is 10. The molecule has 3 aromatic carbocycles. The van der Waals surface area contributed by atoms with E-state index in [0.29, 0.717) is 23.2 Å². The molecule has 1 aliphatic heterocycles. The number of amides is 2. The van der Waals surface area contributed by atoms with Crippen LogP contribution in [0.25, 0.3) is 17.1 Å². The minimum absolute atomic E-state index is 0.0698. The highest BCUT2D eigenvalue weighted by Crippen LogP contribution is 2.35. The van der Waals surface area contributed by atoms with Gasteiger partial charge >= 0.3 is 12.4 Å². The number of benzene rings is 3. The van der Waals surface area contributed by atoms with Crippen LogP contribution < -0.4 is 19.7 Å². The SMILES string of the molecule is CCC(CNC(=O)/N=C1\SCCCN1c1ccc(OC)cc1C(C)C)c1ccc(-c2ncn(-c3ccc(OC(F)(F)F)cc3)n2)cc1. The van der Waals surface area contributed by atoms with Gasteiger partial charge in [0.05, 0.1) is 12.8 Å². The van der Waals surface area contributed by atoms with Crippen molar-refractivity contribution in [3.8, 4) is 28.6 Å². The van der Waals surface area contributed by atoms with Crippen molar-refractivity contribution in [1.29, 1.82) is 0 Å². The molecule has 0 bridgehead atoms. The summed E-state index contributed by atoms with van der Waals surface area (Å²) in [7, 11) is 1.66. The van der Waals surface area contributed by atoms with Gasteiger partial charge in [0.1, 0.15) is 17.8 Å². The molecule has 248 valence electrons. The number of halogens is 3. The number of aromatic nitrogens is 3. The quantitative estimate of drug-likeness (QED) is 0.183. The molecule has 1 unspecified atom stereocenters. The van der Waals surface area contributed by atoms with Gasteiger partial charge in [-0.25, -0.2) is 14.5 Å². The van der Waals surface area contributed by atoms with Gasteiger partial charge in [0.2, 0.25) is 0 Å². The van der Waals surface area contributed by atoms with E-state index in [1.165, 1.54) is 35.3 Å². The van der Waals surface area contributed by atoms with Crippen molar-refractivity contribution in [1.82, 2.24) is 20.1 Å². The molecule has 13 heteroatoms. The summed E-state index contributed by atoms with van der Waals surface area (Å²) in [4.78, 5) is 24.0. The number of nitrogens with zero attached hydrogens (tertiary/aromatic N) is 5. The molecule has 4 aromatic rings. The van der Waals surface area contributed by atoms with Crippen LogP contribution >= 0.6 is 11.8 Å². The first-order chi connectivity index (χ1) is 22.5. The van der Waals surface area contributed by atoms with E-state index >= 15 is 0 Å². The molecule has 2 heterocycles. The van der Waals surface area contributed by atoms with E-state index in [-0.39, 0.29) is 23.6 Å². The second-order valence-corrected chi connectivity index (χ2v) is 12.4. The number of urea groups is 1. The molecular formula is C34H37F3N6O3S. The van der Waals surface area contributed by atoms with Crippen LogP contribution in [-0.2, 0) is 0 Å². The molecule has 9 nitrogen and oxygen atoms in total. The molecule has 1 aromatic heterocycles. The molecule has 1 atom stereocenters. The van der Waals surface area contributed by atoms with Gasteiger partial charge in [0.25, 0.3) is 0 Å². The van der Waals surface area contributed by atoms with Crippen LogP contribution in [0.5, 0.6) is 11.5 Å². The molecule has 1 N–H and O–H groups in total. The Labute approximate surface area is 276 Å². The monoisotopic (exact) mass is 666 g/mol. The Balaban J connectivity index is 1.22. The fourth-order valence-electron chi connectivity index (χ4n) is 5.30. The van der Waals surface area contributed by atoms with Crippen molar-refractivity contribution in [2.24, 2.45) is 4.99 Å². The fourth-order valence-corrected chi connectivity index (χ4v) is 6.25. The van der Waals surface area contributed by atoms with E-state index < -0.39 is 6.36 Å². The number of amidine groups is 1. The zero-order valence-electron chi connectivity index (χ0n) is 26.6. The summed E-state index contributed by atoms with van der Waals surface area (Å²) in [5, 5.41) is 8.17. The average molecular weight is 667 g/mol. The van der Waals surface area contributed by atoms with E-state index in [1.807, 2.05) is 36.4 Å². The Kier molecular flexibility index (Phi) is 10.7. The average Bonchev–Trinajstić information content (AvgIpc) is 3.55. The number of anilines is 1. The Hall–Kier alpha value is -4.52. The maximum atomic E-state index is 13.1. The van der Waals surface area contributed by atoms with Gasteiger partial charge in [-0.05, 0) is 72.4 Å². The number of hydrogen-bond donors (Lipinski definition) is 1. The third kappa shape index (κ3) is 8.64. The maximum Gasteiger partial charge on any atom is 0.573 e. The van der Waals surface area contributed by atoms with Crippen LogP contribution in [0.2, 0.25) is 0 Å². The lowest BCUT2D eigenvalue weighted by Gasteiger charge is -2.32. The summed E-state index contributed by atoms with van der Waals surface area (Å²) in [5.74, 6) is 2.20. The number of nitrogens with one attached hydrogen (secondary N) is 1. The van der Waals surface area contributed by atoms with Crippen LogP contribution in [-0.4, -0.2) is 58.3 Å². The molecule has 2 amide bonds. The van der Waals surface area contributed by atoms with E-state index in [4.69, 9.17) is 4.74 Å². The highest BCUT2D eigenvalue weighted by atomic mass is 32.2. The predicted molar refractivity (Wildman–Crippen MR) is 179 cm³/mol. The lowest BCUT2D eigenvalue weighted by molar-refractivity contribution is -0.274. The smallest absolute Gasteiger partial charge is 0.497 e. The predicted octanol–water partition coefficient (Wildman–Crippen LogP) is 8.17. The van der Waals surface area contributed by atoms with E-state index in [9.17, 15) is 18.0 Å². The van der Waals surface area contributed by atoms with Crippen LogP contribution in [0.1, 0.15) is 56.6 Å². The lowest BCUT2D eigenvalue weighted by atomic mass is 9.95. The number of alkyl halides is 3. The number of methoxy groups -OCH3 is 1. The van der Waals surface area contributed by atoms with Crippen molar-refractivity contribution < 1.29 is 27.4 Å². The third-order valence-electron chi connectivity index (χ3n) is 7.79. The Morgan fingerprint density at radius 3 is 2.45 bits per heavy atom. The standard InChI is InChI=1S/C34H37F3N6O3S/c1-5-23(20-38-32(44)40-33-42(17-6-18-47-33)30-16-15-28(45-4)19-29(30)22(2)3)24-7-9-25(10-8-24)31-39-21-43(41-31)26-11-13-27(14-12-26)46-34(35,36)37/h7-16,19,21-23H,5-6,17-18,20H2,1-4H3,(H,38,44)/b40-33-. The molecule has 47 heavy (non-hydrogen) atoms. The number of thioether (sulfide) groups is 1. The van der Waals surface area contributed by atoms with Crippen molar-refractivity contribution in [2.45, 2.75) is 51.8 Å². The van der Waals surface area contributed by atoms with Crippen molar-refractivity contribution in [3.05, 3.63) is 84.2 Å². The lowest BCUT2D eigenvalue weighted by Crippen LogP contribution is -2.37. The fraction of sp³-hybridized carbons (Fsp3) is 0.353. The molecule has 5 rings (SSSR count). The summed E-state index contributed by atoms with van der Waals surface area (Å²) < 4.78 is 48.2. The maximum absolute atomic E-state index is 13.1. The molecule has 1 saturated heterocycles. The number of ether oxygens (including phenoxy) is 2. The first-order valence-corrected chi connectivity index (χ1v) is 16.4. The number of hydrogen-bond acceptors (Lipinski definition) is 6. The minimum Gasteiger partial charge on any atom is -0.497 e. The van der Waals surface area contributed by atoms with Crippen LogP contribution in [0.3, 0.4) is 0 Å². The molecule has 0 spiro atoms. The van der Waals surface area contributed by atoms with Gasteiger partial charge in [-0.1, -0.05) is 56.8 Å². The molecule has 1 fully saturated rings. The van der Waals surface area contributed by atoms with Gasteiger partial charge in [0, 0.05) is 36.0 Å². The number of aliphatic imine (C=N–C) groups is 1. The van der Waals surface area contributed by atoms with Crippen LogP contribution in [0, 0.1) is 0 Å². The zero-order chi connectivity index (χ0) is 33.6. The van der Waals surface area contributed by atoms with Gasteiger partial charge in [-0.15, -0.1) is 18.3 Å². The van der Waals surface area contributed by atoms with Crippen molar-refractivity contribution >= 4 is 28.6 Å². The van der Waals surface area contributed by atoms with Gasteiger partial charge in [0.15, 0.2) is 11.0 Å². The van der Waals surface area contributed by atoms with E-state index in [2.05, 4.69) is 56.9 Å². The number of carbonyl (C=O) groups is 1. The summed E-state index contributed by atoms with van der Waals surface area (Å²) in [5.41, 5.74) is 4.56. The Morgan fingerprint density at radius 2 is 1.79 bits per heavy atom. The Morgan fingerprint density at radius 1 is 1.06 bits per heavy atom. The summed E-state index contributed by atoms with van der Waals surface area (Å²) in [6.07, 6.45) is -1.45. The van der Waals surface area contributed by atoms with Crippen molar-refractivity contribution in [3.63, 3.8) is 0 Å². The highest BCUT2D eigenvalue weighted by molar-refractivity contribution is 8.14. The Bertz CT molecular complexity index is 1690. The topological polar surface area (TPSA) is 93.9 Å². The van der Waals surface area contributed by atoms with E-state index in [1.54, 1.807) is 18.9 Å². The summed E-state index contributed by atoms with van der Waals surface area (Å²) >= 11 is 1.59. The van der Waals surface area contributed by atoms with E-state index in [0.717, 1.165) is 53.3 Å². The molecular weight excluding hydrogens is 629 g/mol. The minimum atomic E-state index is -4.75. The second kappa shape index (κ2) is 14.9. The summed E-state index contributed by atoms with van der Waals surface area (Å²) in [6.45, 7) is 7.56. The first-order valence-electron chi connectivity index (χ1n) is 15.4. The molecule has 0 saturated carbocycles. The molecule has 0 aliphatic carbocycles. The van der Waals surface area contributed by atoms with Crippen LogP contribution in [0.4, 0.5) is 23.7 Å². The zero-order valence-corrected chi connectivity index (χ0v) is 27.4. The highest BCUT2D eigenvalue weighted by Gasteiger charge is 2.31. The molecule has 1 aliphatic rings. The van der Waals surface area contributed by atoms with Crippen molar-refractivity contribution in [2.75, 3.05) is 30.9 Å². The van der Waals surface area contributed by atoms with Gasteiger partial charge in [-0.3, -0.25) is 0 Å².